The summed E-state index contributed by atoms with van der Waals surface area (Å²) < 4.78 is 39.8. The van der Waals surface area contributed by atoms with Gasteiger partial charge in [-0.3, -0.25) is 0 Å². The number of hydrogen-bond acceptors (Lipinski definition) is 2. The lowest BCUT2D eigenvalue weighted by Crippen LogP contribution is -2.29. The van der Waals surface area contributed by atoms with Crippen LogP contribution in [0, 0.1) is 11.6 Å². The van der Waals surface area contributed by atoms with Crippen LogP contribution in [0.3, 0.4) is 0 Å². The number of hydrogen-bond donors (Lipinski definition) is 2. The lowest BCUT2D eigenvalue weighted by atomic mass is 9.80. The summed E-state index contributed by atoms with van der Waals surface area (Å²) in [5.41, 5.74) is 29.4. The van der Waals surface area contributed by atoms with E-state index in [0.717, 1.165) is 61.6 Å². The van der Waals surface area contributed by atoms with E-state index < -0.39 is 18.8 Å². The summed E-state index contributed by atoms with van der Waals surface area (Å²) in [5, 5.41) is 33.8. The number of aromatic nitrogens is 6. The molecule has 25 aromatic rings. The molecule has 0 saturated heterocycles. The molecule has 0 fully saturated rings. The largest absolute Gasteiger partial charge is 0.488 e. The van der Waals surface area contributed by atoms with Gasteiger partial charge >= 0.3 is 7.12 Å². The molecule has 128 heavy (non-hydrogen) atoms. The van der Waals surface area contributed by atoms with Crippen LogP contribution in [0.2, 0.25) is 0 Å². The molecule has 6 heterocycles. The smallest absolute Gasteiger partial charge is 0.423 e. The van der Waals surface area contributed by atoms with Gasteiger partial charge in [-0.1, -0.05) is 309 Å². The number of fused-ring (bicyclic) bond motifs is 21. The van der Waals surface area contributed by atoms with Crippen molar-refractivity contribution < 1.29 is 18.8 Å². The van der Waals surface area contributed by atoms with Crippen molar-refractivity contribution in [2.45, 2.75) is 6.42 Å². The molecule has 19 aromatic carbocycles. The van der Waals surface area contributed by atoms with Crippen LogP contribution in [0.1, 0.15) is 11.1 Å². The van der Waals surface area contributed by atoms with Crippen molar-refractivity contribution in [1.29, 1.82) is 0 Å². The zero-order chi connectivity index (χ0) is 86.0. The fourth-order valence-corrected chi connectivity index (χ4v) is 20.2. The first-order valence-electron chi connectivity index (χ1n) is 42.8. The van der Waals surface area contributed by atoms with Crippen LogP contribution in [0.25, 0.3) is 187 Å². The summed E-state index contributed by atoms with van der Waals surface area (Å²) in [7, 11) is -1.46. The quantitative estimate of drug-likeness (QED) is 0.118. The van der Waals surface area contributed by atoms with E-state index in [1.54, 1.807) is 6.07 Å². The van der Waals surface area contributed by atoms with E-state index in [9.17, 15) is 18.8 Å². The Hall–Kier alpha value is -15.2. The lowest BCUT2D eigenvalue weighted by molar-refractivity contribution is 0.425. The fraction of sp³-hybridized carbons (Fsp3) is 0.00870. The van der Waals surface area contributed by atoms with Crippen LogP contribution >= 0.6 is 31.9 Å². The number of benzene rings is 19. The third-order valence-electron chi connectivity index (χ3n) is 24.9. The molecule has 8 nitrogen and oxygen atoms in total. The molecule has 6 aromatic heterocycles. The van der Waals surface area contributed by atoms with Gasteiger partial charge in [0, 0.05) is 81.6 Å². The van der Waals surface area contributed by atoms with Gasteiger partial charge in [-0.05, 0) is 205 Å². The highest BCUT2D eigenvalue weighted by Crippen LogP contribution is 2.46. The van der Waals surface area contributed by atoms with Crippen LogP contribution in [-0.4, -0.2) is 44.6 Å². The zero-order valence-corrected chi connectivity index (χ0v) is 72.2. The molecular weight excluding hydrogens is 1710 g/mol. The number of halogens is 4. The van der Waals surface area contributed by atoms with Crippen LogP contribution in [0.4, 0.5) is 8.78 Å². The van der Waals surface area contributed by atoms with Gasteiger partial charge in [-0.25, -0.2) is 8.78 Å². The second-order valence-electron chi connectivity index (χ2n) is 32.0. The molecule has 0 radical (unpaired) electrons. The number of para-hydroxylation sites is 12. The highest BCUT2D eigenvalue weighted by atomic mass is 79.9. The predicted molar refractivity (Wildman–Crippen MR) is 537 cm³/mol. The average Bonchev–Trinajstić information content (AvgIpc) is 1.54. The third kappa shape index (κ3) is 13.6. The summed E-state index contributed by atoms with van der Waals surface area (Å²) in [6, 6.07) is 154. The van der Waals surface area contributed by atoms with E-state index in [4.69, 9.17) is 0 Å². The van der Waals surface area contributed by atoms with E-state index in [1.165, 1.54) is 166 Å². The topological polar surface area (TPSA) is 70.0 Å². The maximum absolute atomic E-state index is 12.3. The van der Waals surface area contributed by atoms with Crippen molar-refractivity contribution in [3.05, 3.63) is 475 Å². The molecule has 0 aliphatic heterocycles. The molecule has 0 bridgehead atoms. The maximum Gasteiger partial charge on any atom is 0.488 e. The van der Waals surface area contributed by atoms with Gasteiger partial charge in [0.1, 0.15) is 11.6 Å². The minimum absolute atomic E-state index is 0.106. The molecule has 610 valence electrons. The first kappa shape index (κ1) is 78.7. The van der Waals surface area contributed by atoms with Crippen molar-refractivity contribution in [3.8, 4) is 56.4 Å². The van der Waals surface area contributed by atoms with E-state index in [0.29, 0.717) is 5.46 Å². The fourth-order valence-electron chi connectivity index (χ4n) is 19.4. The molecule has 1 aliphatic rings. The van der Waals surface area contributed by atoms with E-state index in [1.807, 2.05) is 42.5 Å². The Morgan fingerprint density at radius 3 is 0.750 bits per heavy atom. The minimum atomic E-state index is -1.46. The van der Waals surface area contributed by atoms with E-state index >= 15 is 0 Å². The molecule has 0 amide bonds. The highest BCUT2D eigenvalue weighted by molar-refractivity contribution is 9.11. The minimum Gasteiger partial charge on any atom is -0.423 e. The van der Waals surface area contributed by atoms with Crippen molar-refractivity contribution in [2.24, 2.45) is 0 Å². The Labute approximate surface area is 753 Å². The van der Waals surface area contributed by atoms with E-state index in [2.05, 4.69) is 435 Å². The zero-order valence-electron chi connectivity index (χ0n) is 69.0. The van der Waals surface area contributed by atoms with Crippen molar-refractivity contribution in [2.75, 3.05) is 0 Å². The monoisotopic (exact) mass is 1780 g/mol. The first-order valence-corrected chi connectivity index (χ1v) is 44.3. The summed E-state index contributed by atoms with van der Waals surface area (Å²) in [6.45, 7) is 0. The van der Waals surface area contributed by atoms with Crippen molar-refractivity contribution >= 4 is 175 Å². The Kier molecular flexibility index (Phi) is 20.5. The molecule has 2 N–H and O–H groups in total. The van der Waals surface area contributed by atoms with Crippen molar-refractivity contribution in [3.63, 3.8) is 0 Å². The normalized spacial score (nSPS) is 11.6. The van der Waals surface area contributed by atoms with Crippen LogP contribution in [0.15, 0.2) is 452 Å². The van der Waals surface area contributed by atoms with Crippen LogP contribution < -0.4 is 5.46 Å². The van der Waals surface area contributed by atoms with Gasteiger partial charge in [0.05, 0.1) is 97.9 Å². The molecule has 13 heteroatoms. The Morgan fingerprint density at radius 1 is 0.219 bits per heavy atom. The summed E-state index contributed by atoms with van der Waals surface area (Å²) >= 11 is 6.75. The molecule has 1 aliphatic carbocycles. The van der Waals surface area contributed by atoms with Crippen LogP contribution in [0.5, 0.6) is 0 Å². The molecule has 0 atom stereocenters. The summed E-state index contributed by atoms with van der Waals surface area (Å²) in [6.07, 6.45) is 1.10. The first-order chi connectivity index (χ1) is 63.1. The average molecular weight is 1780 g/mol. The number of nitrogens with zero attached hydrogens (tertiary/aromatic N) is 6. The standard InChI is InChI=1S/C48H31N3.C30H19BrN2.C18H14BNO2.C13H10.C6H3BrF2/c1-7-23-40-34(17-1)35-18-2-8-24-41(35)49(40)33-16-13-15-32(31-33)48-46(50-42-25-9-3-19-36(42)37-20-4-10-26-43(37)50)29-14-30-47(48)51-44-27-11-5-21-38(44)39-22-6-12-28-45(39)51;31-30-28(32-24-14-5-1-10-20(24)21-11-2-6-15-25(21)32)18-9-19-29(30)33-26-16-7-3-12-22(26)23-13-4-8-17-27(23)33;21-19(22)13-6-5-7-14(12-13)20-17-10-3-1-8-15(17)16-9-2-4-11-18(16)20;1-3-7-12-10(5-1)9-11-6-2-4-8-13(11)12;7-6-4(8)2-1-3-5(6)9/h1-31H;1-19H;1-12,21-22H;1-8H,9H2;1-3H. The Morgan fingerprint density at radius 2 is 0.453 bits per heavy atom. The van der Waals surface area contributed by atoms with Gasteiger partial charge in [0.2, 0.25) is 0 Å². The summed E-state index contributed by atoms with van der Waals surface area (Å²) in [4.78, 5) is 0. The lowest BCUT2D eigenvalue weighted by Gasteiger charge is -2.21. The second-order valence-corrected chi connectivity index (χ2v) is 33.6. The van der Waals surface area contributed by atoms with Gasteiger partial charge in [-0.15, -0.1) is 0 Å². The van der Waals surface area contributed by atoms with Gasteiger partial charge in [-0.2, -0.15) is 0 Å². The maximum atomic E-state index is 12.3. The Bertz CT molecular complexity index is 8000. The summed E-state index contributed by atoms with van der Waals surface area (Å²) in [5.74, 6) is -1.15. The highest BCUT2D eigenvalue weighted by Gasteiger charge is 2.26. The predicted octanol–water partition coefficient (Wildman–Crippen LogP) is 29.7. The Balaban J connectivity index is 0.000000107. The SMILES string of the molecule is Brc1c(-n2c3ccccc3c3ccccc32)cccc1-n1c2ccccc2c2ccccc21.Fc1cccc(F)c1Br.OB(O)c1cccc(-n2c3ccccc3c3ccccc32)c1.c1cc(-c2c(-n3c4ccccc4c4ccccc43)cccc2-n2c3ccccc3c3ccccc32)cc(-n2c3ccccc3c3ccccc32)c1.c1ccc2c(c1)Cc1ccccc1-2. The molecule has 0 unspecified atom stereocenters. The van der Waals surface area contributed by atoms with Gasteiger partial charge < -0.3 is 37.5 Å². The number of rotatable bonds is 8. The molecular formula is C115H77BBr2F2N6O2. The third-order valence-corrected chi connectivity index (χ3v) is 26.4. The molecule has 26 rings (SSSR count). The molecule has 0 saturated carbocycles. The van der Waals surface area contributed by atoms with Crippen LogP contribution in [-0.2, 0) is 6.42 Å². The second kappa shape index (κ2) is 33.4. The van der Waals surface area contributed by atoms with E-state index in [-0.39, 0.29) is 4.47 Å². The van der Waals surface area contributed by atoms with Crippen molar-refractivity contribution in [1.82, 2.24) is 27.4 Å². The molecule has 0 spiro atoms. The van der Waals surface area contributed by atoms with Gasteiger partial charge in [0.25, 0.3) is 0 Å². The van der Waals surface area contributed by atoms with Gasteiger partial charge in [0.15, 0.2) is 0 Å².